The van der Waals surface area contributed by atoms with E-state index in [1.807, 2.05) is 19.2 Å². The molecule has 3 rings (SSSR count). The quantitative estimate of drug-likeness (QED) is 0.622. The molecule has 0 saturated carbocycles. The van der Waals surface area contributed by atoms with Gasteiger partial charge in [0.2, 0.25) is 0 Å². The number of ether oxygens (including phenoxy) is 1. The third-order valence-electron chi connectivity index (χ3n) is 5.27. The molecule has 2 heterocycles. The van der Waals surface area contributed by atoms with Crippen molar-refractivity contribution in [2.24, 2.45) is 10.9 Å². The van der Waals surface area contributed by atoms with Crippen molar-refractivity contribution in [3.63, 3.8) is 0 Å². The molecule has 2 aliphatic heterocycles. The molecule has 0 aliphatic carbocycles. The smallest absolute Gasteiger partial charge is 0.193 e. The fourth-order valence-corrected chi connectivity index (χ4v) is 3.75. The van der Waals surface area contributed by atoms with Gasteiger partial charge in [0.25, 0.3) is 0 Å². The van der Waals surface area contributed by atoms with Crippen molar-refractivity contribution in [2.45, 2.75) is 6.92 Å². The van der Waals surface area contributed by atoms with E-state index >= 15 is 0 Å². The number of para-hydroxylation sites is 1. The van der Waals surface area contributed by atoms with Crippen LogP contribution in [0.5, 0.6) is 0 Å². The molecule has 0 spiro atoms. The lowest BCUT2D eigenvalue weighted by atomic mass is 10.1. The molecular weight excluding hydrogens is 345 g/mol. The van der Waals surface area contributed by atoms with E-state index in [1.54, 1.807) is 6.07 Å². The van der Waals surface area contributed by atoms with Gasteiger partial charge in [0.15, 0.2) is 5.96 Å². The van der Waals surface area contributed by atoms with Crippen LogP contribution in [0, 0.1) is 11.7 Å². The monoisotopic (exact) mass is 377 g/mol. The first-order chi connectivity index (χ1) is 13.2. The van der Waals surface area contributed by atoms with Crippen molar-refractivity contribution in [1.82, 2.24) is 15.1 Å². The van der Waals surface area contributed by atoms with Gasteiger partial charge in [-0.2, -0.15) is 0 Å². The first-order valence-corrected chi connectivity index (χ1v) is 9.92. The number of morpholine rings is 1. The molecule has 2 aliphatic rings. The molecule has 2 saturated heterocycles. The molecule has 0 radical (unpaired) electrons. The molecule has 1 atom stereocenters. The lowest BCUT2D eigenvalue weighted by Gasteiger charge is -2.38. The number of aliphatic imine (C=N–C) groups is 1. The highest BCUT2D eigenvalue weighted by atomic mass is 19.1. The van der Waals surface area contributed by atoms with Crippen LogP contribution in [0.25, 0.3) is 0 Å². The van der Waals surface area contributed by atoms with E-state index in [-0.39, 0.29) is 5.82 Å². The number of piperazine rings is 1. The Morgan fingerprint density at radius 2 is 1.85 bits per heavy atom. The zero-order chi connectivity index (χ0) is 19.1. The minimum Gasteiger partial charge on any atom is -0.379 e. The second-order valence-electron chi connectivity index (χ2n) is 7.37. The Morgan fingerprint density at radius 3 is 2.52 bits per heavy atom. The normalized spacial score (nSPS) is 20.6. The Kier molecular flexibility index (Phi) is 7.29. The lowest BCUT2D eigenvalue weighted by molar-refractivity contribution is 0.0320. The van der Waals surface area contributed by atoms with Gasteiger partial charge in [-0.15, -0.1) is 0 Å². The number of anilines is 1. The average molecular weight is 378 g/mol. The van der Waals surface area contributed by atoms with E-state index in [0.717, 1.165) is 71.5 Å². The summed E-state index contributed by atoms with van der Waals surface area (Å²) in [5, 5.41) is 3.52. The Balaban J connectivity index is 1.44. The summed E-state index contributed by atoms with van der Waals surface area (Å²) < 4.78 is 19.4. The second kappa shape index (κ2) is 9.90. The standard InChI is InChI=1S/C20H32FN5O/c1-17(16-24-11-13-27-14-12-24)15-23-20(22-2)26-9-7-25(8-10-26)19-6-4-3-5-18(19)21/h3-6,17H,7-16H2,1-2H3,(H,22,23). The van der Waals surface area contributed by atoms with Gasteiger partial charge >= 0.3 is 0 Å². The van der Waals surface area contributed by atoms with E-state index in [1.165, 1.54) is 6.07 Å². The lowest BCUT2D eigenvalue weighted by Crippen LogP contribution is -2.53. The molecule has 2 fully saturated rings. The minimum atomic E-state index is -0.148. The summed E-state index contributed by atoms with van der Waals surface area (Å²) in [6.45, 7) is 11.3. The number of nitrogens with zero attached hydrogens (tertiary/aromatic N) is 4. The van der Waals surface area contributed by atoms with E-state index < -0.39 is 0 Å². The number of halogens is 1. The van der Waals surface area contributed by atoms with Crippen molar-refractivity contribution >= 4 is 11.6 Å². The fourth-order valence-electron chi connectivity index (χ4n) is 3.75. The predicted octanol–water partition coefficient (Wildman–Crippen LogP) is 1.49. The number of nitrogens with one attached hydrogen (secondary N) is 1. The van der Waals surface area contributed by atoms with Gasteiger partial charge in [-0.3, -0.25) is 9.89 Å². The van der Waals surface area contributed by atoms with Gasteiger partial charge in [-0.1, -0.05) is 19.1 Å². The summed E-state index contributed by atoms with van der Waals surface area (Å²) in [7, 11) is 1.83. The summed E-state index contributed by atoms with van der Waals surface area (Å²) >= 11 is 0. The van der Waals surface area contributed by atoms with E-state index in [9.17, 15) is 4.39 Å². The number of hydrogen-bond donors (Lipinski definition) is 1. The van der Waals surface area contributed by atoms with Crippen LogP contribution in [0.2, 0.25) is 0 Å². The summed E-state index contributed by atoms with van der Waals surface area (Å²) in [5.74, 6) is 1.34. The van der Waals surface area contributed by atoms with Crippen LogP contribution >= 0.6 is 0 Å². The predicted molar refractivity (Wildman–Crippen MR) is 108 cm³/mol. The maximum absolute atomic E-state index is 14.0. The molecule has 7 heteroatoms. The first-order valence-electron chi connectivity index (χ1n) is 9.92. The maximum atomic E-state index is 14.0. The van der Waals surface area contributed by atoms with Gasteiger partial charge in [0.05, 0.1) is 18.9 Å². The molecule has 1 unspecified atom stereocenters. The van der Waals surface area contributed by atoms with Crippen molar-refractivity contribution in [1.29, 1.82) is 0 Å². The Labute approximate surface area is 162 Å². The van der Waals surface area contributed by atoms with Crippen molar-refractivity contribution in [2.75, 3.05) is 77.5 Å². The fraction of sp³-hybridized carbons (Fsp3) is 0.650. The molecule has 1 aromatic carbocycles. The van der Waals surface area contributed by atoms with Crippen LogP contribution in [0.15, 0.2) is 29.3 Å². The summed E-state index contributed by atoms with van der Waals surface area (Å²) in [5.41, 5.74) is 0.694. The van der Waals surface area contributed by atoms with Crippen molar-refractivity contribution < 1.29 is 9.13 Å². The van der Waals surface area contributed by atoms with Crippen LogP contribution in [0.1, 0.15) is 6.92 Å². The van der Waals surface area contributed by atoms with Crippen molar-refractivity contribution in [3.8, 4) is 0 Å². The molecule has 27 heavy (non-hydrogen) atoms. The molecule has 0 aromatic heterocycles. The zero-order valence-corrected chi connectivity index (χ0v) is 16.5. The Hall–Kier alpha value is -1.86. The number of benzene rings is 1. The highest BCUT2D eigenvalue weighted by molar-refractivity contribution is 5.80. The summed E-state index contributed by atoms with van der Waals surface area (Å²) in [6.07, 6.45) is 0. The SMILES string of the molecule is CN=C(NCC(C)CN1CCOCC1)N1CCN(c2ccccc2F)CC1. The van der Waals surface area contributed by atoms with E-state index in [2.05, 4.69) is 31.9 Å². The summed E-state index contributed by atoms with van der Waals surface area (Å²) in [6, 6.07) is 7.00. The maximum Gasteiger partial charge on any atom is 0.193 e. The van der Waals surface area contributed by atoms with Gasteiger partial charge in [-0.25, -0.2) is 4.39 Å². The number of hydrogen-bond acceptors (Lipinski definition) is 4. The van der Waals surface area contributed by atoms with Crippen LogP contribution in [0.4, 0.5) is 10.1 Å². The van der Waals surface area contributed by atoms with Gasteiger partial charge in [0.1, 0.15) is 5.82 Å². The average Bonchev–Trinajstić information content (AvgIpc) is 2.70. The molecular formula is C20H32FN5O. The molecule has 6 nitrogen and oxygen atoms in total. The number of guanidine groups is 1. The summed E-state index contributed by atoms with van der Waals surface area (Å²) in [4.78, 5) is 11.3. The van der Waals surface area contributed by atoms with Gasteiger partial charge < -0.3 is 19.9 Å². The topological polar surface area (TPSA) is 43.3 Å². The largest absolute Gasteiger partial charge is 0.379 e. The van der Waals surface area contributed by atoms with Crippen molar-refractivity contribution in [3.05, 3.63) is 30.1 Å². The highest BCUT2D eigenvalue weighted by Gasteiger charge is 2.22. The third-order valence-corrected chi connectivity index (χ3v) is 5.27. The molecule has 0 bridgehead atoms. The second-order valence-corrected chi connectivity index (χ2v) is 7.37. The first kappa shape index (κ1) is 19.9. The van der Waals surface area contributed by atoms with Crippen LogP contribution < -0.4 is 10.2 Å². The van der Waals surface area contributed by atoms with E-state index in [0.29, 0.717) is 11.6 Å². The molecule has 1 aromatic rings. The Morgan fingerprint density at radius 1 is 1.15 bits per heavy atom. The van der Waals surface area contributed by atoms with E-state index in [4.69, 9.17) is 4.74 Å². The number of rotatable bonds is 5. The zero-order valence-electron chi connectivity index (χ0n) is 16.5. The molecule has 0 amide bonds. The highest BCUT2D eigenvalue weighted by Crippen LogP contribution is 2.20. The van der Waals surface area contributed by atoms with Crippen LogP contribution in [-0.4, -0.2) is 88.4 Å². The van der Waals surface area contributed by atoms with Gasteiger partial charge in [0, 0.05) is 59.4 Å². The Bertz CT molecular complexity index is 612. The molecule has 1 N–H and O–H groups in total. The minimum absolute atomic E-state index is 0.148. The van der Waals surface area contributed by atoms with Crippen LogP contribution in [-0.2, 0) is 4.74 Å². The van der Waals surface area contributed by atoms with Gasteiger partial charge in [-0.05, 0) is 18.1 Å². The molecule has 150 valence electrons. The van der Waals surface area contributed by atoms with Crippen LogP contribution in [0.3, 0.4) is 0 Å². The third kappa shape index (κ3) is 5.56.